The summed E-state index contributed by atoms with van der Waals surface area (Å²) in [6.45, 7) is 1.18. The first-order valence-corrected chi connectivity index (χ1v) is 7.77. The van der Waals surface area contributed by atoms with Gasteiger partial charge in [-0.2, -0.15) is 0 Å². The van der Waals surface area contributed by atoms with Crippen molar-refractivity contribution in [3.8, 4) is 11.5 Å². The van der Waals surface area contributed by atoms with Crippen molar-refractivity contribution in [3.63, 3.8) is 0 Å². The third-order valence-electron chi connectivity index (χ3n) is 3.21. The molecule has 5 nitrogen and oxygen atoms in total. The van der Waals surface area contributed by atoms with Gasteiger partial charge in [0.2, 0.25) is 0 Å². The molecule has 2 N–H and O–H groups in total. The molecule has 1 saturated heterocycles. The van der Waals surface area contributed by atoms with Gasteiger partial charge in [-0.3, -0.25) is 10.1 Å². The van der Waals surface area contributed by atoms with E-state index in [0.29, 0.717) is 35.5 Å². The van der Waals surface area contributed by atoms with Gasteiger partial charge in [-0.05, 0) is 17.7 Å². The highest BCUT2D eigenvalue weighted by molar-refractivity contribution is 7.99. The first kappa shape index (κ1) is 13.9. The molecule has 2 aliphatic heterocycles. The molecule has 7 heteroatoms. The standard InChI is InChI=1S/C13H14ClNO4S/c14-8-4-7(12-15-9(6-20-12)13(16)17)5-10-11(8)19-3-1-2-18-10/h4-5,9,12,15H,1-3,6H2,(H,16,17)/t9-,12?/m0/s1. The summed E-state index contributed by atoms with van der Waals surface area (Å²) >= 11 is 7.79. The van der Waals surface area contributed by atoms with Crippen LogP contribution >= 0.6 is 23.4 Å². The van der Waals surface area contributed by atoms with Crippen molar-refractivity contribution in [2.75, 3.05) is 19.0 Å². The summed E-state index contributed by atoms with van der Waals surface area (Å²) in [5.41, 5.74) is 0.910. The fourth-order valence-corrected chi connectivity index (χ4v) is 3.69. The number of nitrogens with one attached hydrogen (secondary N) is 1. The Bertz CT molecular complexity index is 539. The maximum absolute atomic E-state index is 11.0. The molecule has 1 fully saturated rings. The minimum Gasteiger partial charge on any atom is -0.489 e. The Labute approximate surface area is 125 Å². The average Bonchev–Trinajstić information content (AvgIpc) is 2.79. The van der Waals surface area contributed by atoms with Crippen LogP contribution in [0.4, 0.5) is 0 Å². The number of aliphatic carboxylic acids is 1. The molecule has 2 heterocycles. The van der Waals surface area contributed by atoms with Crippen molar-refractivity contribution >= 4 is 29.3 Å². The third kappa shape index (κ3) is 2.68. The summed E-state index contributed by atoms with van der Waals surface area (Å²) in [5.74, 6) is 0.906. The number of hydrogen-bond acceptors (Lipinski definition) is 5. The molecule has 1 aromatic carbocycles. The van der Waals surface area contributed by atoms with E-state index in [1.54, 1.807) is 11.8 Å². The molecule has 1 unspecified atom stereocenters. The predicted octanol–water partition coefficient (Wildman–Crippen LogP) is 2.29. The van der Waals surface area contributed by atoms with E-state index >= 15 is 0 Å². The lowest BCUT2D eigenvalue weighted by atomic mass is 10.2. The SMILES string of the molecule is O=C(O)[C@@H]1CSC(c2cc(Cl)c3c(c2)OCCCO3)N1. The van der Waals surface area contributed by atoms with Crippen LogP contribution in [0.15, 0.2) is 12.1 Å². The topological polar surface area (TPSA) is 67.8 Å². The lowest BCUT2D eigenvalue weighted by molar-refractivity contribution is -0.138. The van der Waals surface area contributed by atoms with Gasteiger partial charge in [-0.25, -0.2) is 0 Å². The van der Waals surface area contributed by atoms with Crippen LogP contribution in [0.25, 0.3) is 0 Å². The van der Waals surface area contributed by atoms with Crippen molar-refractivity contribution in [1.29, 1.82) is 0 Å². The highest BCUT2D eigenvalue weighted by atomic mass is 35.5. The quantitative estimate of drug-likeness (QED) is 0.873. The fraction of sp³-hybridized carbons (Fsp3) is 0.462. The number of carboxylic acids is 1. The highest BCUT2D eigenvalue weighted by Crippen LogP contribution is 2.42. The summed E-state index contributed by atoms with van der Waals surface area (Å²) in [4.78, 5) is 11.0. The lowest BCUT2D eigenvalue weighted by Gasteiger charge is -2.15. The Morgan fingerprint density at radius 2 is 2.20 bits per heavy atom. The summed E-state index contributed by atoms with van der Waals surface area (Å²) in [6, 6.07) is 3.16. The maximum Gasteiger partial charge on any atom is 0.321 e. The zero-order chi connectivity index (χ0) is 14.1. The van der Waals surface area contributed by atoms with Gasteiger partial charge in [0.25, 0.3) is 0 Å². The second-order valence-electron chi connectivity index (χ2n) is 4.65. The molecule has 0 radical (unpaired) electrons. The summed E-state index contributed by atoms with van der Waals surface area (Å²) in [7, 11) is 0. The Morgan fingerprint density at radius 3 is 2.95 bits per heavy atom. The molecule has 0 saturated carbocycles. The third-order valence-corrected chi connectivity index (χ3v) is 4.76. The van der Waals surface area contributed by atoms with Gasteiger partial charge in [-0.15, -0.1) is 11.8 Å². The molecule has 1 aromatic rings. The number of ether oxygens (including phenoxy) is 2. The van der Waals surface area contributed by atoms with Crippen LogP contribution in [-0.4, -0.2) is 36.1 Å². The second-order valence-corrected chi connectivity index (χ2v) is 6.20. The Kier molecular flexibility index (Phi) is 3.96. The molecule has 2 atom stereocenters. The van der Waals surface area contributed by atoms with E-state index in [2.05, 4.69) is 5.32 Å². The molecule has 0 aliphatic carbocycles. The van der Waals surface area contributed by atoms with E-state index in [0.717, 1.165) is 12.0 Å². The highest BCUT2D eigenvalue weighted by Gasteiger charge is 2.31. The fourth-order valence-electron chi connectivity index (χ4n) is 2.21. The first-order chi connectivity index (χ1) is 9.65. The van der Waals surface area contributed by atoms with Crippen LogP contribution in [0.3, 0.4) is 0 Å². The molecule has 0 spiro atoms. The molecule has 0 amide bonds. The molecular weight excluding hydrogens is 302 g/mol. The van der Waals surface area contributed by atoms with Crippen LogP contribution in [0.5, 0.6) is 11.5 Å². The van der Waals surface area contributed by atoms with Crippen molar-refractivity contribution < 1.29 is 19.4 Å². The van der Waals surface area contributed by atoms with Crippen LogP contribution in [-0.2, 0) is 4.79 Å². The minimum absolute atomic E-state index is 0.0919. The minimum atomic E-state index is -0.833. The van der Waals surface area contributed by atoms with Crippen LogP contribution in [0.2, 0.25) is 5.02 Å². The molecule has 108 valence electrons. The molecule has 20 heavy (non-hydrogen) atoms. The van der Waals surface area contributed by atoms with Gasteiger partial charge in [0, 0.05) is 12.2 Å². The van der Waals surface area contributed by atoms with Crippen LogP contribution in [0, 0.1) is 0 Å². The molecule has 0 aromatic heterocycles. The molecule has 2 aliphatic rings. The van der Waals surface area contributed by atoms with Crippen LogP contribution in [0.1, 0.15) is 17.4 Å². The molecular formula is C13H14ClNO4S. The Hall–Kier alpha value is -1.11. The van der Waals surface area contributed by atoms with E-state index < -0.39 is 12.0 Å². The number of fused-ring (bicyclic) bond motifs is 1. The van der Waals surface area contributed by atoms with Gasteiger partial charge in [0.1, 0.15) is 6.04 Å². The van der Waals surface area contributed by atoms with Crippen molar-refractivity contribution in [2.24, 2.45) is 0 Å². The van der Waals surface area contributed by atoms with E-state index in [1.807, 2.05) is 12.1 Å². The number of hydrogen-bond donors (Lipinski definition) is 2. The Balaban J connectivity index is 1.86. The summed E-state index contributed by atoms with van der Waals surface area (Å²) in [6.07, 6.45) is 0.817. The zero-order valence-electron chi connectivity index (χ0n) is 10.6. The lowest BCUT2D eigenvalue weighted by Crippen LogP contribution is -2.33. The van der Waals surface area contributed by atoms with Crippen molar-refractivity contribution in [3.05, 3.63) is 22.7 Å². The maximum atomic E-state index is 11.0. The number of carboxylic acid groups (broad SMARTS) is 1. The van der Waals surface area contributed by atoms with Crippen molar-refractivity contribution in [2.45, 2.75) is 17.8 Å². The van der Waals surface area contributed by atoms with Gasteiger partial charge in [0.05, 0.1) is 23.6 Å². The van der Waals surface area contributed by atoms with Crippen molar-refractivity contribution in [1.82, 2.24) is 5.32 Å². The number of thioether (sulfide) groups is 1. The smallest absolute Gasteiger partial charge is 0.321 e. The predicted molar refractivity (Wildman–Crippen MR) is 76.8 cm³/mol. The van der Waals surface area contributed by atoms with Gasteiger partial charge < -0.3 is 14.6 Å². The molecule has 0 bridgehead atoms. The zero-order valence-corrected chi connectivity index (χ0v) is 12.2. The monoisotopic (exact) mass is 315 g/mol. The van der Waals surface area contributed by atoms with Crippen LogP contribution < -0.4 is 14.8 Å². The van der Waals surface area contributed by atoms with Gasteiger partial charge in [-0.1, -0.05) is 11.6 Å². The van der Waals surface area contributed by atoms with Gasteiger partial charge >= 0.3 is 5.97 Å². The number of rotatable bonds is 2. The number of carbonyl (C=O) groups is 1. The largest absolute Gasteiger partial charge is 0.489 e. The number of benzene rings is 1. The first-order valence-electron chi connectivity index (χ1n) is 6.34. The average molecular weight is 316 g/mol. The Morgan fingerprint density at radius 1 is 1.40 bits per heavy atom. The molecule has 3 rings (SSSR count). The second kappa shape index (κ2) is 5.71. The normalized spacial score (nSPS) is 25.2. The van der Waals surface area contributed by atoms with E-state index in [4.69, 9.17) is 26.2 Å². The van der Waals surface area contributed by atoms with E-state index in [9.17, 15) is 4.79 Å². The summed E-state index contributed by atoms with van der Waals surface area (Å²) in [5, 5.41) is 12.5. The number of halogens is 1. The van der Waals surface area contributed by atoms with E-state index in [-0.39, 0.29) is 5.37 Å². The van der Waals surface area contributed by atoms with Gasteiger partial charge in [0.15, 0.2) is 11.5 Å². The summed E-state index contributed by atoms with van der Waals surface area (Å²) < 4.78 is 11.2. The van der Waals surface area contributed by atoms with E-state index in [1.165, 1.54) is 0 Å².